The summed E-state index contributed by atoms with van der Waals surface area (Å²) in [6.07, 6.45) is 12.2. The molecule has 1 unspecified atom stereocenters. The number of alkyl halides is 1. The van der Waals surface area contributed by atoms with E-state index in [1.807, 2.05) is 6.08 Å². The molecule has 1 atom stereocenters. The standard InChI is InChI=1S/C11H17BrO/c1-2-11(13)9-7-5-3-4-6-8-10-12/h2,4,6-7,9,11,13H,1,3,5,8,10H2/b6-4+,9-7+. The number of unbranched alkanes of at least 4 members (excludes halogenated alkanes) is 1. The molecule has 0 rings (SSSR count). The van der Waals surface area contributed by atoms with Crippen molar-refractivity contribution in [1.82, 2.24) is 0 Å². The largest absolute Gasteiger partial charge is 0.385 e. The lowest BCUT2D eigenvalue weighted by atomic mass is 10.2. The number of aliphatic hydroxyl groups is 1. The van der Waals surface area contributed by atoms with Crippen LogP contribution >= 0.6 is 15.9 Å². The first-order valence-electron chi connectivity index (χ1n) is 4.49. The smallest absolute Gasteiger partial charge is 0.0899 e. The fraction of sp³-hybridized carbons (Fsp3) is 0.455. The summed E-state index contributed by atoms with van der Waals surface area (Å²) >= 11 is 3.35. The second-order valence-electron chi connectivity index (χ2n) is 2.68. The van der Waals surface area contributed by atoms with Crippen LogP contribution < -0.4 is 0 Å². The highest BCUT2D eigenvalue weighted by Crippen LogP contribution is 1.97. The fourth-order valence-corrected chi connectivity index (χ4v) is 1.07. The van der Waals surface area contributed by atoms with Gasteiger partial charge in [0.25, 0.3) is 0 Å². The van der Waals surface area contributed by atoms with E-state index in [1.165, 1.54) is 6.08 Å². The van der Waals surface area contributed by atoms with E-state index in [0.29, 0.717) is 0 Å². The SMILES string of the molecule is C=CC(O)/C=C/CC/C=C/CCBr. The van der Waals surface area contributed by atoms with Gasteiger partial charge in [-0.2, -0.15) is 0 Å². The molecule has 0 aromatic heterocycles. The second kappa shape index (κ2) is 9.75. The van der Waals surface area contributed by atoms with Crippen molar-refractivity contribution >= 4 is 15.9 Å². The molecule has 0 aromatic rings. The predicted octanol–water partition coefficient (Wildman–Crippen LogP) is 3.21. The molecule has 0 spiro atoms. The van der Waals surface area contributed by atoms with E-state index in [2.05, 4.69) is 34.7 Å². The Morgan fingerprint density at radius 1 is 1.15 bits per heavy atom. The Kier molecular flexibility index (Phi) is 9.49. The van der Waals surface area contributed by atoms with Crippen molar-refractivity contribution in [2.45, 2.75) is 25.4 Å². The summed E-state index contributed by atoms with van der Waals surface area (Å²) in [5.74, 6) is 0. The van der Waals surface area contributed by atoms with Crippen LogP contribution in [0.15, 0.2) is 37.0 Å². The van der Waals surface area contributed by atoms with Crippen LogP contribution in [0.3, 0.4) is 0 Å². The topological polar surface area (TPSA) is 20.2 Å². The molecule has 0 radical (unpaired) electrons. The molecule has 74 valence electrons. The lowest BCUT2D eigenvalue weighted by Gasteiger charge is -1.93. The van der Waals surface area contributed by atoms with E-state index < -0.39 is 6.10 Å². The summed E-state index contributed by atoms with van der Waals surface area (Å²) in [5.41, 5.74) is 0. The molecule has 1 N–H and O–H groups in total. The van der Waals surface area contributed by atoms with Crippen LogP contribution in [0.4, 0.5) is 0 Å². The minimum absolute atomic E-state index is 0.494. The summed E-state index contributed by atoms with van der Waals surface area (Å²) in [5, 5.41) is 10.1. The highest BCUT2D eigenvalue weighted by atomic mass is 79.9. The maximum absolute atomic E-state index is 9.07. The lowest BCUT2D eigenvalue weighted by molar-refractivity contribution is 0.271. The summed E-state index contributed by atoms with van der Waals surface area (Å²) in [7, 11) is 0. The van der Waals surface area contributed by atoms with Crippen molar-refractivity contribution in [1.29, 1.82) is 0 Å². The highest BCUT2D eigenvalue weighted by Gasteiger charge is 1.86. The van der Waals surface area contributed by atoms with Gasteiger partial charge in [0.2, 0.25) is 0 Å². The fourth-order valence-electron chi connectivity index (χ4n) is 0.805. The van der Waals surface area contributed by atoms with E-state index in [4.69, 9.17) is 5.11 Å². The minimum atomic E-state index is -0.494. The molecule has 0 aliphatic carbocycles. The number of hydrogen-bond acceptors (Lipinski definition) is 1. The van der Waals surface area contributed by atoms with Gasteiger partial charge in [-0.15, -0.1) is 6.58 Å². The van der Waals surface area contributed by atoms with Gasteiger partial charge in [0.05, 0.1) is 6.10 Å². The van der Waals surface area contributed by atoms with Gasteiger partial charge in [-0.25, -0.2) is 0 Å². The van der Waals surface area contributed by atoms with Crippen molar-refractivity contribution < 1.29 is 5.11 Å². The Morgan fingerprint density at radius 2 is 1.77 bits per heavy atom. The average Bonchev–Trinajstić information content (AvgIpc) is 2.16. The zero-order chi connectivity index (χ0) is 9.94. The van der Waals surface area contributed by atoms with Crippen LogP contribution in [0.25, 0.3) is 0 Å². The maximum atomic E-state index is 9.07. The van der Waals surface area contributed by atoms with Gasteiger partial charge in [0.1, 0.15) is 0 Å². The van der Waals surface area contributed by atoms with Crippen LogP contribution in [0.5, 0.6) is 0 Å². The van der Waals surface area contributed by atoms with Gasteiger partial charge in [-0.05, 0) is 19.3 Å². The molecule has 0 amide bonds. The first-order valence-corrected chi connectivity index (χ1v) is 5.61. The quantitative estimate of drug-likeness (QED) is 0.415. The van der Waals surface area contributed by atoms with Crippen molar-refractivity contribution in [2.24, 2.45) is 0 Å². The zero-order valence-electron chi connectivity index (χ0n) is 7.82. The Morgan fingerprint density at radius 3 is 2.38 bits per heavy atom. The van der Waals surface area contributed by atoms with Crippen molar-refractivity contribution in [2.75, 3.05) is 5.33 Å². The summed E-state index contributed by atoms with van der Waals surface area (Å²) < 4.78 is 0. The summed E-state index contributed by atoms with van der Waals surface area (Å²) in [6.45, 7) is 3.48. The van der Waals surface area contributed by atoms with Gasteiger partial charge in [-0.3, -0.25) is 0 Å². The van der Waals surface area contributed by atoms with Gasteiger partial charge in [-0.1, -0.05) is 46.3 Å². The molecular weight excluding hydrogens is 228 g/mol. The van der Waals surface area contributed by atoms with E-state index in [-0.39, 0.29) is 0 Å². The second-order valence-corrected chi connectivity index (χ2v) is 3.47. The molecule has 0 fully saturated rings. The Hall–Kier alpha value is -0.340. The number of hydrogen-bond donors (Lipinski definition) is 1. The molecule has 0 aliphatic heterocycles. The van der Waals surface area contributed by atoms with Gasteiger partial charge in [0, 0.05) is 5.33 Å². The number of halogens is 1. The highest BCUT2D eigenvalue weighted by molar-refractivity contribution is 9.09. The normalized spacial score (nSPS) is 14.0. The third-order valence-electron chi connectivity index (χ3n) is 1.52. The van der Waals surface area contributed by atoms with Crippen molar-refractivity contribution in [3.05, 3.63) is 37.0 Å². The minimum Gasteiger partial charge on any atom is -0.385 e. The van der Waals surface area contributed by atoms with Gasteiger partial charge in [0.15, 0.2) is 0 Å². The van der Waals surface area contributed by atoms with E-state index in [1.54, 1.807) is 6.08 Å². The molecule has 1 nitrogen and oxygen atoms in total. The molecular formula is C11H17BrO. The van der Waals surface area contributed by atoms with Crippen LogP contribution in [0, 0.1) is 0 Å². The molecule has 0 saturated carbocycles. The monoisotopic (exact) mass is 244 g/mol. The van der Waals surface area contributed by atoms with Crippen molar-refractivity contribution in [3.8, 4) is 0 Å². The summed E-state index contributed by atoms with van der Waals surface area (Å²) in [6, 6.07) is 0. The zero-order valence-corrected chi connectivity index (χ0v) is 9.41. The molecule has 0 aromatic carbocycles. The third-order valence-corrected chi connectivity index (χ3v) is 1.98. The van der Waals surface area contributed by atoms with Crippen molar-refractivity contribution in [3.63, 3.8) is 0 Å². The number of allylic oxidation sites excluding steroid dienone is 3. The molecule has 0 heterocycles. The van der Waals surface area contributed by atoms with Crippen LogP contribution in [0.1, 0.15) is 19.3 Å². The Labute approximate surface area is 89.0 Å². The molecule has 13 heavy (non-hydrogen) atoms. The lowest BCUT2D eigenvalue weighted by Crippen LogP contribution is -1.93. The molecule has 2 heteroatoms. The van der Waals surface area contributed by atoms with Crippen LogP contribution in [0.2, 0.25) is 0 Å². The van der Waals surface area contributed by atoms with Gasteiger partial charge >= 0.3 is 0 Å². The molecule has 0 aliphatic rings. The number of rotatable bonds is 7. The predicted molar refractivity (Wildman–Crippen MR) is 62.1 cm³/mol. The summed E-state index contributed by atoms with van der Waals surface area (Å²) in [4.78, 5) is 0. The van der Waals surface area contributed by atoms with Gasteiger partial charge < -0.3 is 5.11 Å². The Bertz CT molecular complexity index is 173. The first kappa shape index (κ1) is 12.7. The average molecular weight is 245 g/mol. The Balaban J connectivity index is 3.34. The first-order chi connectivity index (χ1) is 6.31. The molecule has 0 bridgehead atoms. The van der Waals surface area contributed by atoms with Crippen LogP contribution in [-0.2, 0) is 0 Å². The van der Waals surface area contributed by atoms with E-state index in [9.17, 15) is 0 Å². The van der Waals surface area contributed by atoms with E-state index >= 15 is 0 Å². The third kappa shape index (κ3) is 9.57. The maximum Gasteiger partial charge on any atom is 0.0899 e. The molecule has 0 saturated heterocycles. The van der Waals surface area contributed by atoms with E-state index in [0.717, 1.165) is 24.6 Å². The van der Waals surface area contributed by atoms with Crippen LogP contribution in [-0.4, -0.2) is 16.5 Å². The number of aliphatic hydroxyl groups excluding tert-OH is 1.